The first kappa shape index (κ1) is 6.94. The summed E-state index contributed by atoms with van der Waals surface area (Å²) in [6.07, 6.45) is 15.5. The molecule has 4 atom stereocenters. The fourth-order valence-electron chi connectivity index (χ4n) is 3.31. The van der Waals surface area contributed by atoms with Crippen LogP contribution < -0.4 is 0 Å². The molecule has 0 aromatic rings. The van der Waals surface area contributed by atoms with E-state index in [-0.39, 0.29) is 0 Å². The second kappa shape index (κ2) is 2.48. The van der Waals surface area contributed by atoms with Crippen molar-refractivity contribution in [2.45, 2.75) is 25.7 Å². The molecule has 5 rings (SSSR count). The molecule has 4 bridgehead atoms. The van der Waals surface area contributed by atoms with Gasteiger partial charge in [-0.15, -0.1) is 0 Å². The van der Waals surface area contributed by atoms with Crippen LogP contribution in [0.4, 0.5) is 0 Å². The van der Waals surface area contributed by atoms with Gasteiger partial charge in [0.2, 0.25) is 0 Å². The van der Waals surface area contributed by atoms with Crippen molar-refractivity contribution in [3.8, 4) is 0 Å². The second-order valence-electron chi connectivity index (χ2n) is 4.65. The fraction of sp³-hybridized carbons (Fsp3) is 0.667. The minimum absolute atomic E-state index is 0.920. The molecule has 0 aliphatic heterocycles. The van der Waals surface area contributed by atoms with Crippen LogP contribution in [0.2, 0.25) is 0 Å². The molecule has 5 aliphatic carbocycles. The zero-order chi connectivity index (χ0) is 7.97. The summed E-state index contributed by atoms with van der Waals surface area (Å²) in [6, 6.07) is 0. The van der Waals surface area contributed by atoms with E-state index in [0.717, 1.165) is 23.7 Å². The Morgan fingerprint density at radius 3 is 1.92 bits per heavy atom. The monoisotopic (exact) mass is 160 g/mol. The summed E-state index contributed by atoms with van der Waals surface area (Å²) in [5.41, 5.74) is 0. The van der Waals surface area contributed by atoms with Crippen molar-refractivity contribution in [2.75, 3.05) is 0 Å². The maximum Gasteiger partial charge on any atom is -0.0196 e. The van der Waals surface area contributed by atoms with Gasteiger partial charge in [-0.1, -0.05) is 24.3 Å². The smallest absolute Gasteiger partial charge is 0.0196 e. The lowest BCUT2D eigenvalue weighted by Crippen LogP contribution is -2.25. The number of fused-ring (bicyclic) bond motifs is 2. The minimum atomic E-state index is 0.920. The van der Waals surface area contributed by atoms with Gasteiger partial charge in [-0.2, -0.15) is 0 Å². The number of hydrogen-bond donors (Lipinski definition) is 0. The maximum absolute atomic E-state index is 2.50. The maximum atomic E-state index is 2.50. The summed E-state index contributed by atoms with van der Waals surface area (Å²) in [5.74, 6) is 3.82. The van der Waals surface area contributed by atoms with Gasteiger partial charge >= 0.3 is 0 Å². The van der Waals surface area contributed by atoms with Crippen LogP contribution in [0.1, 0.15) is 25.7 Å². The summed E-state index contributed by atoms with van der Waals surface area (Å²) < 4.78 is 0. The topological polar surface area (TPSA) is 0 Å². The minimum Gasteiger partial charge on any atom is -0.0880 e. The average molecular weight is 160 g/mol. The predicted molar refractivity (Wildman–Crippen MR) is 50.7 cm³/mol. The normalized spacial score (nSPS) is 49.3. The SMILES string of the molecule is C1=CC2CC3C=CCC2CC3C1. The van der Waals surface area contributed by atoms with Crippen LogP contribution in [0.15, 0.2) is 24.3 Å². The largest absolute Gasteiger partial charge is 0.0880 e. The molecule has 0 aromatic carbocycles. The van der Waals surface area contributed by atoms with E-state index in [1.165, 1.54) is 25.7 Å². The molecule has 0 amide bonds. The highest BCUT2D eigenvalue weighted by atomic mass is 14.4. The van der Waals surface area contributed by atoms with E-state index in [9.17, 15) is 0 Å². The van der Waals surface area contributed by atoms with E-state index in [2.05, 4.69) is 24.3 Å². The Morgan fingerprint density at radius 1 is 0.750 bits per heavy atom. The summed E-state index contributed by atoms with van der Waals surface area (Å²) in [7, 11) is 0. The van der Waals surface area contributed by atoms with Gasteiger partial charge < -0.3 is 0 Å². The van der Waals surface area contributed by atoms with Crippen molar-refractivity contribution in [1.82, 2.24) is 0 Å². The Kier molecular flexibility index (Phi) is 1.44. The van der Waals surface area contributed by atoms with Crippen LogP contribution in [0.3, 0.4) is 0 Å². The van der Waals surface area contributed by atoms with Crippen LogP contribution >= 0.6 is 0 Å². The molecule has 1 saturated carbocycles. The molecule has 5 aliphatic rings. The average Bonchev–Trinajstić information content (AvgIpc) is 2.48. The summed E-state index contributed by atoms with van der Waals surface area (Å²) in [5, 5.41) is 0. The molecule has 0 heteroatoms. The van der Waals surface area contributed by atoms with Gasteiger partial charge in [0, 0.05) is 0 Å². The molecule has 64 valence electrons. The van der Waals surface area contributed by atoms with Crippen molar-refractivity contribution in [2.24, 2.45) is 23.7 Å². The standard InChI is InChI=1S/C12H16/c1-3-9-7-12-6-2-5-11(9)8-10(12)4-1/h1-3,6,9-12H,4-5,7-8H2. The number of hydrogen-bond acceptors (Lipinski definition) is 0. The third kappa shape index (κ3) is 0.903. The fourth-order valence-corrected chi connectivity index (χ4v) is 3.31. The van der Waals surface area contributed by atoms with Crippen molar-refractivity contribution >= 4 is 0 Å². The van der Waals surface area contributed by atoms with E-state index >= 15 is 0 Å². The molecule has 1 fully saturated rings. The van der Waals surface area contributed by atoms with E-state index in [4.69, 9.17) is 0 Å². The van der Waals surface area contributed by atoms with Gasteiger partial charge in [-0.05, 0) is 49.4 Å². The molecule has 0 spiro atoms. The predicted octanol–water partition coefficient (Wildman–Crippen LogP) is 3.16. The van der Waals surface area contributed by atoms with Gasteiger partial charge in [-0.25, -0.2) is 0 Å². The van der Waals surface area contributed by atoms with Gasteiger partial charge in [-0.3, -0.25) is 0 Å². The zero-order valence-corrected chi connectivity index (χ0v) is 7.45. The molecule has 12 heavy (non-hydrogen) atoms. The molecule has 0 saturated heterocycles. The van der Waals surface area contributed by atoms with Crippen molar-refractivity contribution in [1.29, 1.82) is 0 Å². The third-order valence-electron chi connectivity index (χ3n) is 4.01. The van der Waals surface area contributed by atoms with Crippen molar-refractivity contribution in [3.05, 3.63) is 24.3 Å². The Labute approximate surface area is 74.4 Å². The molecule has 0 N–H and O–H groups in total. The second-order valence-corrected chi connectivity index (χ2v) is 4.65. The first-order valence-corrected chi connectivity index (χ1v) is 5.27. The highest BCUT2D eigenvalue weighted by molar-refractivity contribution is 5.11. The quantitative estimate of drug-likeness (QED) is 0.477. The van der Waals surface area contributed by atoms with E-state index < -0.39 is 0 Å². The van der Waals surface area contributed by atoms with Crippen molar-refractivity contribution in [3.63, 3.8) is 0 Å². The first-order valence-electron chi connectivity index (χ1n) is 5.27. The first-order chi connectivity index (χ1) is 5.93. The Bertz CT molecular complexity index is 212. The Morgan fingerprint density at radius 2 is 1.33 bits per heavy atom. The van der Waals surface area contributed by atoms with Gasteiger partial charge in [0.05, 0.1) is 0 Å². The lowest BCUT2D eigenvalue weighted by molar-refractivity contribution is 0.190. The van der Waals surface area contributed by atoms with Crippen LogP contribution in [-0.2, 0) is 0 Å². The molecule has 0 aromatic heterocycles. The summed E-state index contributed by atoms with van der Waals surface area (Å²) in [4.78, 5) is 0. The van der Waals surface area contributed by atoms with Crippen molar-refractivity contribution < 1.29 is 0 Å². The van der Waals surface area contributed by atoms with E-state index in [1.54, 1.807) is 0 Å². The van der Waals surface area contributed by atoms with Gasteiger partial charge in [0.15, 0.2) is 0 Å². The Hall–Kier alpha value is -0.520. The molecule has 4 unspecified atom stereocenters. The summed E-state index contributed by atoms with van der Waals surface area (Å²) in [6.45, 7) is 0. The zero-order valence-electron chi connectivity index (χ0n) is 7.45. The molecular formula is C12H16. The number of allylic oxidation sites excluding steroid dienone is 4. The molecule has 0 nitrogen and oxygen atoms in total. The summed E-state index contributed by atoms with van der Waals surface area (Å²) >= 11 is 0. The number of rotatable bonds is 0. The Balaban J connectivity index is 2.02. The van der Waals surface area contributed by atoms with Gasteiger partial charge in [0.25, 0.3) is 0 Å². The third-order valence-corrected chi connectivity index (χ3v) is 4.01. The molecule has 0 heterocycles. The van der Waals surface area contributed by atoms with E-state index in [1.807, 2.05) is 0 Å². The van der Waals surface area contributed by atoms with Gasteiger partial charge in [0.1, 0.15) is 0 Å². The molecule has 0 radical (unpaired) electrons. The molecular weight excluding hydrogens is 144 g/mol. The highest BCUT2D eigenvalue weighted by Gasteiger charge is 2.37. The van der Waals surface area contributed by atoms with Crippen LogP contribution in [0.5, 0.6) is 0 Å². The van der Waals surface area contributed by atoms with Crippen LogP contribution in [-0.4, -0.2) is 0 Å². The van der Waals surface area contributed by atoms with E-state index in [0.29, 0.717) is 0 Å². The lowest BCUT2D eigenvalue weighted by atomic mass is 9.71. The van der Waals surface area contributed by atoms with Crippen LogP contribution in [0.25, 0.3) is 0 Å². The lowest BCUT2D eigenvalue weighted by Gasteiger charge is -2.34. The highest BCUT2D eigenvalue weighted by Crippen LogP contribution is 2.47. The van der Waals surface area contributed by atoms with Crippen LogP contribution in [0, 0.1) is 23.7 Å².